The molecule has 0 amide bonds. The lowest BCUT2D eigenvalue weighted by Gasteiger charge is -2.05. The van der Waals surface area contributed by atoms with Gasteiger partial charge < -0.3 is 9.67 Å². The van der Waals surface area contributed by atoms with E-state index in [2.05, 4.69) is 5.10 Å². The van der Waals surface area contributed by atoms with Crippen LogP contribution in [0.25, 0.3) is 22.2 Å². The molecule has 0 radical (unpaired) electrons. The fourth-order valence-corrected chi connectivity index (χ4v) is 2.89. The molecule has 3 rings (SSSR count). The summed E-state index contributed by atoms with van der Waals surface area (Å²) in [5, 5.41) is 15.1. The molecule has 6 heteroatoms. The Bertz CT molecular complexity index is 877. The van der Waals surface area contributed by atoms with Crippen molar-refractivity contribution in [2.24, 2.45) is 14.1 Å². The molecule has 21 heavy (non-hydrogen) atoms. The topological polar surface area (TPSA) is 60.0 Å². The van der Waals surface area contributed by atoms with E-state index < -0.39 is 5.97 Å². The molecule has 108 valence electrons. The van der Waals surface area contributed by atoms with Crippen molar-refractivity contribution in [3.05, 3.63) is 40.7 Å². The highest BCUT2D eigenvalue weighted by Crippen LogP contribution is 2.36. The summed E-state index contributed by atoms with van der Waals surface area (Å²) in [5.74, 6) is -0.983. The lowest BCUT2D eigenvalue weighted by Crippen LogP contribution is -2.02. The van der Waals surface area contributed by atoms with Gasteiger partial charge in [-0.05, 0) is 19.1 Å². The summed E-state index contributed by atoms with van der Waals surface area (Å²) in [6.07, 6.45) is 1.38. The number of aryl methyl sites for hydroxylation is 2. The number of aromatic carboxylic acids is 1. The Morgan fingerprint density at radius 2 is 2.05 bits per heavy atom. The van der Waals surface area contributed by atoms with E-state index in [1.54, 1.807) is 11.7 Å². The van der Waals surface area contributed by atoms with Crippen molar-refractivity contribution >= 4 is 28.5 Å². The first kappa shape index (κ1) is 13.7. The van der Waals surface area contributed by atoms with E-state index in [0.29, 0.717) is 10.7 Å². The van der Waals surface area contributed by atoms with Crippen LogP contribution in [0.3, 0.4) is 0 Å². The highest BCUT2D eigenvalue weighted by Gasteiger charge is 2.23. The summed E-state index contributed by atoms with van der Waals surface area (Å²) in [6, 6.07) is 5.60. The Morgan fingerprint density at radius 3 is 2.71 bits per heavy atom. The Labute approximate surface area is 126 Å². The second-order valence-electron chi connectivity index (χ2n) is 5.02. The molecule has 0 bridgehead atoms. The van der Waals surface area contributed by atoms with Gasteiger partial charge in [-0.3, -0.25) is 4.68 Å². The molecule has 2 heterocycles. The fourth-order valence-electron chi connectivity index (χ4n) is 2.73. The van der Waals surface area contributed by atoms with E-state index in [9.17, 15) is 9.90 Å². The van der Waals surface area contributed by atoms with Crippen LogP contribution < -0.4 is 0 Å². The van der Waals surface area contributed by atoms with E-state index in [-0.39, 0.29) is 5.56 Å². The van der Waals surface area contributed by atoms with Crippen LogP contribution in [0.15, 0.2) is 24.4 Å². The Hall–Kier alpha value is -2.27. The molecule has 0 fully saturated rings. The number of hydrogen-bond acceptors (Lipinski definition) is 2. The first-order chi connectivity index (χ1) is 9.91. The number of carboxylic acid groups (broad SMARTS) is 1. The first-order valence-corrected chi connectivity index (χ1v) is 6.79. The van der Waals surface area contributed by atoms with Crippen LogP contribution in [0, 0.1) is 6.92 Å². The number of fused-ring (bicyclic) bond motifs is 1. The zero-order valence-electron chi connectivity index (χ0n) is 11.9. The van der Waals surface area contributed by atoms with Crippen molar-refractivity contribution in [2.45, 2.75) is 6.92 Å². The number of carboxylic acids is 1. The lowest BCUT2D eigenvalue weighted by atomic mass is 10.0. The molecule has 2 aromatic heterocycles. The minimum Gasteiger partial charge on any atom is -0.478 e. The van der Waals surface area contributed by atoms with Crippen molar-refractivity contribution in [1.82, 2.24) is 14.3 Å². The van der Waals surface area contributed by atoms with Crippen molar-refractivity contribution in [2.75, 3.05) is 0 Å². The van der Waals surface area contributed by atoms with Crippen LogP contribution >= 0.6 is 11.6 Å². The van der Waals surface area contributed by atoms with Crippen LogP contribution in [0.4, 0.5) is 0 Å². The monoisotopic (exact) mass is 303 g/mol. The van der Waals surface area contributed by atoms with E-state index in [1.165, 1.54) is 6.20 Å². The molecule has 0 unspecified atom stereocenters. The summed E-state index contributed by atoms with van der Waals surface area (Å²) in [4.78, 5) is 11.4. The van der Waals surface area contributed by atoms with Gasteiger partial charge in [0.2, 0.25) is 0 Å². The quantitative estimate of drug-likeness (QED) is 0.790. The average molecular weight is 304 g/mol. The van der Waals surface area contributed by atoms with Crippen LogP contribution in [-0.4, -0.2) is 25.4 Å². The van der Waals surface area contributed by atoms with Crippen LogP contribution in [0.5, 0.6) is 0 Å². The van der Waals surface area contributed by atoms with Crippen LogP contribution in [0.2, 0.25) is 5.02 Å². The fraction of sp³-hybridized carbons (Fsp3) is 0.200. The largest absolute Gasteiger partial charge is 0.478 e. The van der Waals surface area contributed by atoms with Gasteiger partial charge in [0.25, 0.3) is 0 Å². The molecule has 1 aromatic carbocycles. The number of aromatic nitrogens is 3. The smallest absolute Gasteiger partial charge is 0.339 e. The van der Waals surface area contributed by atoms with Crippen molar-refractivity contribution in [3.63, 3.8) is 0 Å². The third-order valence-corrected chi connectivity index (χ3v) is 4.10. The number of nitrogens with zero attached hydrogens (tertiary/aromatic N) is 3. The van der Waals surface area contributed by atoms with Crippen LogP contribution in [-0.2, 0) is 14.1 Å². The molecule has 5 nitrogen and oxygen atoms in total. The van der Waals surface area contributed by atoms with Gasteiger partial charge in [0.1, 0.15) is 5.56 Å². The summed E-state index contributed by atoms with van der Waals surface area (Å²) in [7, 11) is 3.68. The first-order valence-electron chi connectivity index (χ1n) is 6.42. The highest BCUT2D eigenvalue weighted by molar-refractivity contribution is 6.31. The summed E-state index contributed by atoms with van der Waals surface area (Å²) >= 11 is 6.07. The minimum atomic E-state index is -0.983. The number of halogens is 1. The molecule has 3 aromatic rings. The molecule has 0 saturated heterocycles. The molecule has 0 aliphatic heterocycles. The molecule has 0 aliphatic rings. The van der Waals surface area contributed by atoms with Gasteiger partial charge in [0.05, 0.1) is 17.4 Å². The Kier molecular flexibility index (Phi) is 3.02. The van der Waals surface area contributed by atoms with E-state index in [4.69, 9.17) is 11.6 Å². The Morgan fingerprint density at radius 1 is 1.33 bits per heavy atom. The third-order valence-electron chi connectivity index (χ3n) is 3.86. The normalized spacial score (nSPS) is 11.2. The van der Waals surface area contributed by atoms with Gasteiger partial charge in [-0.15, -0.1) is 0 Å². The van der Waals surface area contributed by atoms with E-state index in [0.717, 1.165) is 22.2 Å². The zero-order chi connectivity index (χ0) is 15.3. The summed E-state index contributed by atoms with van der Waals surface area (Å²) < 4.78 is 3.61. The summed E-state index contributed by atoms with van der Waals surface area (Å²) in [6.45, 7) is 1.96. The highest BCUT2D eigenvalue weighted by atomic mass is 35.5. The average Bonchev–Trinajstić information content (AvgIpc) is 2.91. The number of benzene rings is 1. The van der Waals surface area contributed by atoms with E-state index >= 15 is 0 Å². The SMILES string of the molecule is Cc1c(-c2c(C(=O)O)cnn2C)c2ccc(Cl)cc2n1C. The maximum Gasteiger partial charge on any atom is 0.339 e. The maximum absolute atomic E-state index is 11.4. The molecule has 0 atom stereocenters. The number of carbonyl (C=O) groups is 1. The number of rotatable bonds is 2. The van der Waals surface area contributed by atoms with Gasteiger partial charge in [-0.2, -0.15) is 5.10 Å². The molecule has 0 spiro atoms. The predicted molar refractivity (Wildman–Crippen MR) is 81.8 cm³/mol. The second-order valence-corrected chi connectivity index (χ2v) is 5.45. The minimum absolute atomic E-state index is 0.197. The van der Waals surface area contributed by atoms with Gasteiger partial charge in [0, 0.05) is 35.8 Å². The Balaban J connectivity index is 2.44. The zero-order valence-corrected chi connectivity index (χ0v) is 12.6. The molecular formula is C15H14ClN3O2. The third kappa shape index (κ3) is 1.93. The maximum atomic E-state index is 11.4. The van der Waals surface area contributed by atoms with E-state index in [1.807, 2.05) is 36.7 Å². The van der Waals surface area contributed by atoms with Gasteiger partial charge in [-0.25, -0.2) is 4.79 Å². The number of hydrogen-bond donors (Lipinski definition) is 1. The molecule has 0 aliphatic carbocycles. The van der Waals surface area contributed by atoms with Crippen molar-refractivity contribution < 1.29 is 9.90 Å². The molecule has 1 N–H and O–H groups in total. The van der Waals surface area contributed by atoms with Crippen molar-refractivity contribution in [3.8, 4) is 11.3 Å². The summed E-state index contributed by atoms with van der Waals surface area (Å²) in [5.41, 5.74) is 3.61. The second kappa shape index (κ2) is 4.63. The molecular weight excluding hydrogens is 290 g/mol. The predicted octanol–water partition coefficient (Wildman–Crippen LogP) is 3.24. The molecule has 0 saturated carbocycles. The standard InChI is InChI=1S/C15H14ClN3O2/c1-8-13(14-11(15(20)21)7-17-19(14)3)10-5-4-9(16)6-12(10)18(8)2/h4-7H,1-3H3,(H,20,21). The lowest BCUT2D eigenvalue weighted by molar-refractivity contribution is 0.0697. The van der Waals surface area contributed by atoms with Gasteiger partial charge in [0.15, 0.2) is 0 Å². The van der Waals surface area contributed by atoms with Gasteiger partial charge in [-0.1, -0.05) is 17.7 Å². The van der Waals surface area contributed by atoms with Crippen LogP contribution in [0.1, 0.15) is 16.1 Å². The van der Waals surface area contributed by atoms with Gasteiger partial charge >= 0.3 is 5.97 Å². The van der Waals surface area contributed by atoms with Crippen molar-refractivity contribution in [1.29, 1.82) is 0 Å².